The molecule has 2 rings (SSSR count). The molecule has 0 aliphatic rings. The highest BCUT2D eigenvalue weighted by Gasteiger charge is 2.17. The smallest absolute Gasteiger partial charge is 0.263 e. The molecule has 100 valence electrons. The first kappa shape index (κ1) is 14.6. The lowest BCUT2D eigenvalue weighted by Gasteiger charge is -2.10. The van der Waals surface area contributed by atoms with Crippen molar-refractivity contribution in [1.29, 1.82) is 0 Å². The Morgan fingerprint density at radius 3 is 2.21 bits per heavy atom. The molecule has 2 aromatic carbocycles. The summed E-state index contributed by atoms with van der Waals surface area (Å²) in [5.41, 5.74) is 1.62. The van der Waals surface area contributed by atoms with Crippen molar-refractivity contribution in [3.05, 3.63) is 57.0 Å². The second-order valence-corrected chi connectivity index (χ2v) is 7.47. The minimum absolute atomic E-state index is 0.205. The zero-order valence-electron chi connectivity index (χ0n) is 10.0. The van der Waals surface area contributed by atoms with Crippen LogP contribution in [0.4, 0.5) is 5.69 Å². The number of aryl methyl sites for hydroxylation is 1. The minimum Gasteiger partial charge on any atom is -0.280 e. The van der Waals surface area contributed by atoms with Crippen molar-refractivity contribution in [2.45, 2.75) is 11.8 Å². The predicted octanol–water partition coefficient (Wildman–Crippen LogP) is 4.32. The second kappa shape index (κ2) is 5.64. The number of rotatable bonds is 3. The maximum atomic E-state index is 12.3. The van der Waals surface area contributed by atoms with E-state index in [1.54, 1.807) is 30.3 Å². The zero-order chi connectivity index (χ0) is 14.0. The number of halogens is 2. The summed E-state index contributed by atoms with van der Waals surface area (Å²) in [5.74, 6) is 0. The third kappa shape index (κ3) is 3.58. The average Bonchev–Trinajstić information content (AvgIpc) is 2.31. The van der Waals surface area contributed by atoms with Gasteiger partial charge in [0.2, 0.25) is 0 Å². The molecule has 0 radical (unpaired) electrons. The van der Waals surface area contributed by atoms with Crippen molar-refractivity contribution < 1.29 is 8.42 Å². The second-order valence-electron chi connectivity index (χ2n) is 4.05. The predicted molar refractivity (Wildman–Crippen MR) is 83.8 cm³/mol. The van der Waals surface area contributed by atoms with Crippen LogP contribution in [-0.4, -0.2) is 8.42 Å². The molecule has 3 nitrogen and oxygen atoms in total. The van der Waals surface area contributed by atoms with Gasteiger partial charge in [0.25, 0.3) is 10.0 Å². The SMILES string of the molecule is Cc1ccc(NS(=O)(=O)c2ccc(Br)cc2Br)cc1. The molecule has 0 aliphatic carbocycles. The molecule has 0 bridgehead atoms. The van der Waals surface area contributed by atoms with Crippen LogP contribution < -0.4 is 4.72 Å². The lowest BCUT2D eigenvalue weighted by Crippen LogP contribution is -2.13. The summed E-state index contributed by atoms with van der Waals surface area (Å²) in [6.45, 7) is 1.95. The lowest BCUT2D eigenvalue weighted by molar-refractivity contribution is 0.600. The fourth-order valence-corrected chi connectivity index (χ4v) is 4.33. The van der Waals surface area contributed by atoms with Gasteiger partial charge in [0.1, 0.15) is 4.90 Å². The summed E-state index contributed by atoms with van der Waals surface area (Å²) in [6, 6.07) is 12.1. The van der Waals surface area contributed by atoms with Crippen molar-refractivity contribution in [2.75, 3.05) is 4.72 Å². The molecule has 0 atom stereocenters. The van der Waals surface area contributed by atoms with E-state index in [0.29, 0.717) is 10.2 Å². The number of anilines is 1. The molecule has 0 heterocycles. The molecule has 0 aromatic heterocycles. The summed E-state index contributed by atoms with van der Waals surface area (Å²) < 4.78 is 28.4. The van der Waals surface area contributed by atoms with Crippen LogP contribution in [0.3, 0.4) is 0 Å². The number of sulfonamides is 1. The molecule has 0 saturated carbocycles. The fourth-order valence-electron chi connectivity index (χ4n) is 1.52. The topological polar surface area (TPSA) is 46.2 Å². The molecule has 0 saturated heterocycles. The van der Waals surface area contributed by atoms with Crippen LogP contribution in [0.15, 0.2) is 56.3 Å². The van der Waals surface area contributed by atoms with Crippen LogP contribution in [0, 0.1) is 6.92 Å². The molecule has 1 N–H and O–H groups in total. The van der Waals surface area contributed by atoms with Crippen molar-refractivity contribution in [2.24, 2.45) is 0 Å². The first-order valence-corrected chi connectivity index (χ1v) is 8.50. The van der Waals surface area contributed by atoms with Crippen molar-refractivity contribution in [3.63, 3.8) is 0 Å². The Labute approximate surface area is 129 Å². The third-order valence-corrected chi connectivity index (χ3v) is 5.34. The molecule has 0 unspecified atom stereocenters. The molecule has 0 aliphatic heterocycles. The van der Waals surface area contributed by atoms with E-state index >= 15 is 0 Å². The van der Waals surface area contributed by atoms with E-state index in [0.717, 1.165) is 10.0 Å². The van der Waals surface area contributed by atoms with E-state index in [9.17, 15) is 8.42 Å². The van der Waals surface area contributed by atoms with E-state index in [2.05, 4.69) is 36.6 Å². The van der Waals surface area contributed by atoms with E-state index in [4.69, 9.17) is 0 Å². The fraction of sp³-hybridized carbons (Fsp3) is 0.0769. The maximum absolute atomic E-state index is 12.3. The number of hydrogen-bond donors (Lipinski definition) is 1. The molecule has 0 spiro atoms. The summed E-state index contributed by atoms with van der Waals surface area (Å²) in [7, 11) is -3.59. The Morgan fingerprint density at radius 2 is 1.63 bits per heavy atom. The van der Waals surface area contributed by atoms with Gasteiger partial charge >= 0.3 is 0 Å². The lowest BCUT2D eigenvalue weighted by atomic mass is 10.2. The number of hydrogen-bond acceptors (Lipinski definition) is 2. The maximum Gasteiger partial charge on any atom is 0.263 e. The third-order valence-electron chi connectivity index (χ3n) is 2.49. The van der Waals surface area contributed by atoms with Gasteiger partial charge in [0.15, 0.2) is 0 Å². The van der Waals surface area contributed by atoms with Gasteiger partial charge in [-0.2, -0.15) is 0 Å². The van der Waals surface area contributed by atoms with Crippen molar-refractivity contribution in [3.8, 4) is 0 Å². The molecule has 6 heteroatoms. The van der Waals surface area contributed by atoms with Crippen LogP contribution in [0.1, 0.15) is 5.56 Å². The van der Waals surface area contributed by atoms with Gasteiger partial charge in [0.05, 0.1) is 0 Å². The average molecular weight is 405 g/mol. The molecule has 2 aromatic rings. The molecular weight excluding hydrogens is 394 g/mol. The highest BCUT2D eigenvalue weighted by atomic mass is 79.9. The standard InChI is InChI=1S/C13H11Br2NO2S/c1-9-2-5-11(6-3-9)16-19(17,18)13-7-4-10(14)8-12(13)15/h2-8,16H,1H3. The van der Waals surface area contributed by atoms with Crippen LogP contribution in [0.5, 0.6) is 0 Å². The quantitative estimate of drug-likeness (QED) is 0.827. The highest BCUT2D eigenvalue weighted by Crippen LogP contribution is 2.27. The first-order chi connectivity index (χ1) is 8.88. The van der Waals surface area contributed by atoms with Crippen molar-refractivity contribution >= 4 is 47.6 Å². The van der Waals surface area contributed by atoms with Gasteiger partial charge in [0, 0.05) is 14.6 Å². The van der Waals surface area contributed by atoms with Gasteiger partial charge in [-0.3, -0.25) is 4.72 Å². The first-order valence-electron chi connectivity index (χ1n) is 5.43. The number of nitrogens with one attached hydrogen (secondary N) is 1. The summed E-state index contributed by atoms with van der Waals surface area (Å²) in [5, 5.41) is 0. The highest BCUT2D eigenvalue weighted by molar-refractivity contribution is 9.11. The Balaban J connectivity index is 2.35. The molecule has 0 amide bonds. The van der Waals surface area contributed by atoms with Gasteiger partial charge in [-0.15, -0.1) is 0 Å². The van der Waals surface area contributed by atoms with Gasteiger partial charge in [-0.1, -0.05) is 33.6 Å². The Kier molecular flexibility index (Phi) is 4.32. The van der Waals surface area contributed by atoms with Gasteiger partial charge in [-0.25, -0.2) is 8.42 Å². The van der Waals surface area contributed by atoms with Crippen molar-refractivity contribution in [1.82, 2.24) is 0 Å². The van der Waals surface area contributed by atoms with E-state index < -0.39 is 10.0 Å². The Morgan fingerprint density at radius 1 is 1.00 bits per heavy atom. The Bertz CT molecular complexity index is 697. The van der Waals surface area contributed by atoms with E-state index in [-0.39, 0.29) is 4.90 Å². The van der Waals surface area contributed by atoms with Gasteiger partial charge < -0.3 is 0 Å². The van der Waals surface area contributed by atoms with Crippen LogP contribution in [-0.2, 0) is 10.0 Å². The number of benzene rings is 2. The summed E-state index contributed by atoms with van der Waals surface area (Å²) in [6.07, 6.45) is 0. The van der Waals surface area contributed by atoms with Gasteiger partial charge in [-0.05, 0) is 53.2 Å². The monoisotopic (exact) mass is 403 g/mol. The van der Waals surface area contributed by atoms with Crippen LogP contribution in [0.2, 0.25) is 0 Å². The molecular formula is C13H11Br2NO2S. The van der Waals surface area contributed by atoms with E-state index in [1.807, 2.05) is 19.1 Å². The minimum atomic E-state index is -3.59. The van der Waals surface area contributed by atoms with E-state index in [1.165, 1.54) is 0 Å². The summed E-state index contributed by atoms with van der Waals surface area (Å²) >= 11 is 6.55. The van der Waals surface area contributed by atoms with Crippen LogP contribution >= 0.6 is 31.9 Å². The zero-order valence-corrected chi connectivity index (χ0v) is 14.0. The molecule has 19 heavy (non-hydrogen) atoms. The largest absolute Gasteiger partial charge is 0.280 e. The molecule has 0 fully saturated rings. The van der Waals surface area contributed by atoms with Crippen LogP contribution in [0.25, 0.3) is 0 Å². The Hall–Kier alpha value is -0.850. The summed E-state index contributed by atoms with van der Waals surface area (Å²) in [4.78, 5) is 0.205. The normalized spacial score (nSPS) is 11.3.